The molecule has 0 saturated heterocycles. The quantitative estimate of drug-likeness (QED) is 0.130. The molecule has 5 atom stereocenters. The number of hydrogen-bond donors (Lipinski definition) is 7. The maximum absolute atomic E-state index is 12.8. The number of hydrogen-bond acceptors (Lipinski definition) is 8. The Hall–Kier alpha value is -2.77. The minimum absolute atomic E-state index is 0.136. The fourth-order valence-electron chi connectivity index (χ4n) is 2.92. The second-order valence-electron chi connectivity index (χ2n) is 9.28. The summed E-state index contributed by atoms with van der Waals surface area (Å²) in [5, 5.41) is 28.6. The fourth-order valence-corrected chi connectivity index (χ4v) is 2.92. The van der Waals surface area contributed by atoms with Crippen LogP contribution in [-0.2, 0) is 24.0 Å². The summed E-state index contributed by atoms with van der Waals surface area (Å²) >= 11 is 0. The summed E-state index contributed by atoms with van der Waals surface area (Å²) in [6, 6.07) is -5.28. The molecule has 5 amide bonds. The molecule has 0 unspecified atom stereocenters. The Balaban J connectivity index is 5.25. The van der Waals surface area contributed by atoms with Gasteiger partial charge in [0.2, 0.25) is 29.5 Å². The molecule has 0 saturated carbocycles. The van der Waals surface area contributed by atoms with Gasteiger partial charge in [-0.15, -0.1) is 0 Å². The van der Waals surface area contributed by atoms with Crippen LogP contribution in [0.3, 0.4) is 0 Å². The summed E-state index contributed by atoms with van der Waals surface area (Å²) in [6.45, 7) is 7.30. The van der Waals surface area contributed by atoms with Gasteiger partial charge >= 0.3 is 0 Å². The first-order valence-corrected chi connectivity index (χ1v) is 11.6. The second-order valence-corrected chi connectivity index (χ2v) is 9.28. The lowest BCUT2D eigenvalue weighted by Crippen LogP contribution is -2.59. The van der Waals surface area contributed by atoms with Crippen molar-refractivity contribution < 1.29 is 34.2 Å². The van der Waals surface area contributed by atoms with Crippen LogP contribution >= 0.6 is 0 Å². The Labute approximate surface area is 206 Å². The van der Waals surface area contributed by atoms with Crippen LogP contribution < -0.4 is 27.0 Å². The number of rotatable bonds is 14. The average molecular weight is 503 g/mol. The molecule has 0 aliphatic carbocycles. The number of nitrogens with two attached hydrogens (primary N) is 1. The zero-order chi connectivity index (χ0) is 27.5. The molecule has 35 heavy (non-hydrogen) atoms. The van der Waals surface area contributed by atoms with Crippen LogP contribution in [0.1, 0.15) is 41.0 Å². The van der Waals surface area contributed by atoms with Crippen molar-refractivity contribution in [1.82, 2.24) is 26.2 Å². The summed E-state index contributed by atoms with van der Waals surface area (Å²) in [5.41, 5.74) is 5.84. The number of nitrogens with zero attached hydrogens (tertiary/aromatic N) is 1. The van der Waals surface area contributed by atoms with Crippen LogP contribution in [0.2, 0.25) is 0 Å². The van der Waals surface area contributed by atoms with Gasteiger partial charge in [-0.05, 0) is 25.2 Å². The van der Waals surface area contributed by atoms with Crippen molar-refractivity contribution in [2.45, 2.75) is 71.2 Å². The van der Waals surface area contributed by atoms with E-state index < -0.39 is 73.0 Å². The van der Waals surface area contributed by atoms with Gasteiger partial charge in [0.25, 0.3) is 0 Å². The Morgan fingerprint density at radius 2 is 1.29 bits per heavy atom. The van der Waals surface area contributed by atoms with E-state index >= 15 is 0 Å². The Kier molecular flexibility index (Phi) is 14.1. The van der Waals surface area contributed by atoms with Gasteiger partial charge in [0.15, 0.2) is 0 Å². The monoisotopic (exact) mass is 502 g/mol. The van der Waals surface area contributed by atoms with Crippen molar-refractivity contribution in [2.75, 3.05) is 27.3 Å². The molecule has 0 aliphatic heterocycles. The SMILES string of the molecule is CC(C)[C@H](N)C(=O)N[C@H](C(=O)N[C@@H](C)C(=O)N[C@@H](CCO)C(=O)N[C@@H](CO)C(=O)N(C)C)C(C)C. The molecule has 0 aromatic carbocycles. The summed E-state index contributed by atoms with van der Waals surface area (Å²) in [7, 11) is 2.91. The van der Waals surface area contributed by atoms with Crippen molar-refractivity contribution in [3.8, 4) is 0 Å². The molecular formula is C22H42N6O7. The lowest BCUT2D eigenvalue weighted by atomic mass is 10.00. The third kappa shape index (κ3) is 10.6. The molecule has 0 heterocycles. The van der Waals surface area contributed by atoms with Crippen molar-refractivity contribution in [2.24, 2.45) is 17.6 Å². The van der Waals surface area contributed by atoms with E-state index in [2.05, 4.69) is 21.3 Å². The van der Waals surface area contributed by atoms with Crippen molar-refractivity contribution >= 4 is 29.5 Å². The standard InChI is InChI=1S/C22H42N6O7/c1-11(2)16(23)20(33)27-17(12(3)4)21(34)24-13(5)18(31)25-14(8-9-29)19(32)26-15(10-30)22(35)28(6)7/h11-17,29-30H,8-10,23H2,1-7H3,(H,24,34)(H,25,31)(H,26,32)(H,27,33)/t13-,14-,15-,16-,17-/m0/s1. The highest BCUT2D eigenvalue weighted by Crippen LogP contribution is 2.06. The van der Waals surface area contributed by atoms with E-state index in [1.54, 1.807) is 27.7 Å². The molecule has 0 aromatic heterocycles. The molecule has 8 N–H and O–H groups in total. The van der Waals surface area contributed by atoms with Crippen molar-refractivity contribution in [3.63, 3.8) is 0 Å². The minimum Gasteiger partial charge on any atom is -0.396 e. The largest absolute Gasteiger partial charge is 0.396 e. The van der Waals surface area contributed by atoms with Crippen molar-refractivity contribution in [1.29, 1.82) is 0 Å². The summed E-state index contributed by atoms with van der Waals surface area (Å²) in [6.07, 6.45) is -0.162. The number of aliphatic hydroxyl groups is 2. The van der Waals surface area contributed by atoms with Gasteiger partial charge in [0, 0.05) is 20.7 Å². The highest BCUT2D eigenvalue weighted by molar-refractivity contribution is 5.95. The summed E-state index contributed by atoms with van der Waals surface area (Å²) < 4.78 is 0. The predicted molar refractivity (Wildman–Crippen MR) is 129 cm³/mol. The van der Waals surface area contributed by atoms with Crippen LogP contribution in [0.4, 0.5) is 0 Å². The minimum atomic E-state index is -1.22. The van der Waals surface area contributed by atoms with Crippen LogP contribution in [0, 0.1) is 11.8 Å². The number of aliphatic hydroxyl groups excluding tert-OH is 2. The van der Waals surface area contributed by atoms with Gasteiger partial charge in [-0.1, -0.05) is 27.7 Å². The predicted octanol–water partition coefficient (Wildman–Crippen LogP) is -2.95. The summed E-state index contributed by atoms with van der Waals surface area (Å²) in [4.78, 5) is 63.5. The maximum atomic E-state index is 12.8. The molecule has 0 aromatic rings. The first-order valence-electron chi connectivity index (χ1n) is 11.6. The van der Waals surface area contributed by atoms with E-state index in [1.807, 2.05) is 0 Å². The van der Waals surface area contributed by atoms with E-state index in [1.165, 1.54) is 25.9 Å². The molecule has 0 spiro atoms. The first-order chi connectivity index (χ1) is 16.2. The van der Waals surface area contributed by atoms with Crippen LogP contribution in [0.15, 0.2) is 0 Å². The Morgan fingerprint density at radius 3 is 1.71 bits per heavy atom. The molecule has 0 rings (SSSR count). The van der Waals surface area contributed by atoms with Gasteiger partial charge in [0.05, 0.1) is 12.6 Å². The van der Waals surface area contributed by atoms with Crippen molar-refractivity contribution in [3.05, 3.63) is 0 Å². The molecular weight excluding hydrogens is 460 g/mol. The van der Waals surface area contributed by atoms with E-state index in [0.29, 0.717) is 0 Å². The highest BCUT2D eigenvalue weighted by Gasteiger charge is 2.31. The van der Waals surface area contributed by atoms with E-state index in [0.717, 1.165) is 0 Å². The Bertz CT molecular complexity index is 744. The third-order valence-corrected chi connectivity index (χ3v) is 5.31. The smallest absolute Gasteiger partial charge is 0.247 e. The topological polar surface area (TPSA) is 203 Å². The van der Waals surface area contributed by atoms with Crippen LogP contribution in [0.5, 0.6) is 0 Å². The molecule has 202 valence electrons. The highest BCUT2D eigenvalue weighted by atomic mass is 16.3. The fraction of sp³-hybridized carbons (Fsp3) is 0.773. The van der Waals surface area contributed by atoms with Gasteiger partial charge in [0.1, 0.15) is 24.2 Å². The van der Waals surface area contributed by atoms with Gasteiger partial charge < -0.3 is 42.1 Å². The van der Waals surface area contributed by atoms with E-state index in [4.69, 9.17) is 5.73 Å². The van der Waals surface area contributed by atoms with Gasteiger partial charge in [-0.25, -0.2) is 0 Å². The van der Waals surface area contributed by atoms with Crippen LogP contribution in [0.25, 0.3) is 0 Å². The van der Waals surface area contributed by atoms with E-state index in [9.17, 15) is 34.2 Å². The number of nitrogens with one attached hydrogen (secondary N) is 4. The molecule has 13 heteroatoms. The number of likely N-dealkylation sites (N-methyl/N-ethyl adjacent to an activating group) is 1. The number of carbonyl (C=O) groups is 5. The molecule has 0 aliphatic rings. The first kappa shape index (κ1) is 32.2. The van der Waals surface area contributed by atoms with E-state index in [-0.39, 0.29) is 18.3 Å². The lowest BCUT2D eigenvalue weighted by Gasteiger charge is -2.27. The molecule has 13 nitrogen and oxygen atoms in total. The Morgan fingerprint density at radius 1 is 0.743 bits per heavy atom. The normalized spacial score (nSPS) is 15.4. The van der Waals surface area contributed by atoms with Gasteiger partial charge in [-0.3, -0.25) is 24.0 Å². The zero-order valence-electron chi connectivity index (χ0n) is 21.6. The number of amides is 5. The maximum Gasteiger partial charge on any atom is 0.247 e. The average Bonchev–Trinajstić information content (AvgIpc) is 2.78. The lowest BCUT2D eigenvalue weighted by molar-refractivity contribution is -0.137. The third-order valence-electron chi connectivity index (χ3n) is 5.31. The summed E-state index contributed by atoms with van der Waals surface area (Å²) in [5.74, 6) is -3.58. The van der Waals surface area contributed by atoms with Gasteiger partial charge in [-0.2, -0.15) is 0 Å². The molecule has 0 bridgehead atoms. The second kappa shape index (κ2) is 15.3. The molecule has 0 fully saturated rings. The number of carbonyl (C=O) groups excluding carboxylic acids is 5. The van der Waals surface area contributed by atoms with Crippen LogP contribution in [-0.4, -0.2) is 102 Å². The molecule has 0 radical (unpaired) electrons. The zero-order valence-corrected chi connectivity index (χ0v) is 21.6.